The van der Waals surface area contributed by atoms with Gasteiger partial charge in [0.1, 0.15) is 0 Å². The molecular formula is C10H14Ni. The predicted octanol–water partition coefficient (Wildman–Crippen LogP) is 3.19. The first-order valence-electron chi connectivity index (χ1n) is 3.36. The molecule has 0 aromatic heterocycles. The largest absolute Gasteiger partial charge is 2.00 e. The fourth-order valence-corrected chi connectivity index (χ4v) is 0.321. The number of hydrogen-bond acceptors (Lipinski definition) is 0. The van der Waals surface area contributed by atoms with Crippen LogP contribution in [0, 0.1) is 5.92 Å². The summed E-state index contributed by atoms with van der Waals surface area (Å²) in [6, 6.07) is 10.0. The molecule has 0 aliphatic rings. The summed E-state index contributed by atoms with van der Waals surface area (Å²) in [5.41, 5.74) is 0. The third-order valence-corrected chi connectivity index (χ3v) is 0.964. The smallest absolute Gasteiger partial charge is 0.245 e. The van der Waals surface area contributed by atoms with E-state index >= 15 is 0 Å². The van der Waals surface area contributed by atoms with E-state index in [0.717, 1.165) is 0 Å². The van der Waals surface area contributed by atoms with Gasteiger partial charge in [-0.05, 0) is 0 Å². The molecule has 0 bridgehead atoms. The van der Waals surface area contributed by atoms with E-state index in [4.69, 9.17) is 0 Å². The van der Waals surface area contributed by atoms with Crippen LogP contribution in [0.3, 0.4) is 0 Å². The quantitative estimate of drug-likeness (QED) is 0.474. The minimum absolute atomic E-state index is 0. The Morgan fingerprint density at radius 1 is 1.27 bits per heavy atom. The topological polar surface area (TPSA) is 0 Å². The second-order valence-electron chi connectivity index (χ2n) is 2.24. The summed E-state index contributed by atoms with van der Waals surface area (Å²) in [4.78, 5) is 0. The van der Waals surface area contributed by atoms with Gasteiger partial charge in [0.2, 0.25) is 0 Å². The summed E-state index contributed by atoms with van der Waals surface area (Å²) in [6.45, 7) is 7.56. The van der Waals surface area contributed by atoms with E-state index in [1.807, 2.05) is 50.3 Å². The second-order valence-corrected chi connectivity index (χ2v) is 2.24. The van der Waals surface area contributed by atoms with E-state index < -0.39 is 0 Å². The SMILES string of the molecule is C=C[C-](C)C.[Ni+2].c1cc[cH-]c1. The van der Waals surface area contributed by atoms with Gasteiger partial charge in [-0.2, -0.15) is 18.2 Å². The summed E-state index contributed by atoms with van der Waals surface area (Å²) in [6.07, 6.45) is 1.83. The van der Waals surface area contributed by atoms with Crippen LogP contribution < -0.4 is 0 Å². The second kappa shape index (κ2) is 9.45. The molecular weight excluding hydrogens is 179 g/mol. The molecule has 1 aromatic rings. The van der Waals surface area contributed by atoms with Crippen molar-refractivity contribution in [2.45, 2.75) is 13.8 Å². The molecule has 0 N–H and O–H groups in total. The Morgan fingerprint density at radius 3 is 1.73 bits per heavy atom. The molecule has 1 aromatic carbocycles. The summed E-state index contributed by atoms with van der Waals surface area (Å²) >= 11 is 0. The molecule has 0 radical (unpaired) electrons. The van der Waals surface area contributed by atoms with Gasteiger partial charge in [-0.25, -0.2) is 30.7 Å². The van der Waals surface area contributed by atoms with Gasteiger partial charge in [-0.3, -0.25) is 0 Å². The van der Waals surface area contributed by atoms with E-state index in [1.54, 1.807) is 0 Å². The van der Waals surface area contributed by atoms with E-state index in [2.05, 4.69) is 6.58 Å². The van der Waals surface area contributed by atoms with Crippen LogP contribution in [0.15, 0.2) is 43.0 Å². The maximum absolute atomic E-state index is 3.52. The fraction of sp³-hybridized carbons (Fsp3) is 0.200. The Hall–Kier alpha value is -0.546. The molecule has 11 heavy (non-hydrogen) atoms. The summed E-state index contributed by atoms with van der Waals surface area (Å²) < 4.78 is 0. The van der Waals surface area contributed by atoms with Crippen molar-refractivity contribution in [3.05, 3.63) is 48.9 Å². The molecule has 64 valence electrons. The Labute approximate surface area is 79.6 Å². The average Bonchev–Trinajstić information content (AvgIpc) is 2.43. The molecule has 1 rings (SSSR count). The molecule has 0 saturated carbocycles. The molecule has 0 aliphatic heterocycles. The van der Waals surface area contributed by atoms with E-state index in [-0.39, 0.29) is 16.5 Å². The molecule has 0 heterocycles. The Bertz CT molecular complexity index is 123. The van der Waals surface area contributed by atoms with E-state index in [0.29, 0.717) is 0 Å². The predicted molar refractivity (Wildman–Crippen MR) is 46.8 cm³/mol. The summed E-state index contributed by atoms with van der Waals surface area (Å²) in [5, 5.41) is 0. The maximum Gasteiger partial charge on any atom is 2.00 e. The van der Waals surface area contributed by atoms with Gasteiger partial charge >= 0.3 is 16.5 Å². The molecule has 0 aliphatic carbocycles. The Balaban J connectivity index is 0. The van der Waals surface area contributed by atoms with Gasteiger partial charge in [-0.15, -0.1) is 13.8 Å². The zero-order chi connectivity index (χ0) is 7.82. The van der Waals surface area contributed by atoms with Gasteiger partial charge in [0.15, 0.2) is 0 Å². The van der Waals surface area contributed by atoms with Crippen molar-refractivity contribution < 1.29 is 16.5 Å². The van der Waals surface area contributed by atoms with Crippen LogP contribution in [-0.2, 0) is 16.5 Å². The molecule has 0 spiro atoms. The minimum atomic E-state index is 0. The zero-order valence-electron chi connectivity index (χ0n) is 6.99. The van der Waals surface area contributed by atoms with Crippen molar-refractivity contribution in [2.24, 2.45) is 0 Å². The first kappa shape index (κ1) is 13.1. The third-order valence-electron chi connectivity index (χ3n) is 0.964. The minimum Gasteiger partial charge on any atom is -0.245 e. The van der Waals surface area contributed by atoms with Crippen molar-refractivity contribution in [3.8, 4) is 0 Å². The van der Waals surface area contributed by atoms with Crippen LogP contribution in [0.25, 0.3) is 0 Å². The Kier molecular flexibility index (Phi) is 11.2. The molecule has 0 saturated heterocycles. The fourth-order valence-electron chi connectivity index (χ4n) is 0.321. The summed E-state index contributed by atoms with van der Waals surface area (Å²) in [7, 11) is 0. The zero-order valence-corrected chi connectivity index (χ0v) is 7.98. The first-order chi connectivity index (χ1) is 4.77. The molecule has 0 fully saturated rings. The molecule has 0 amide bonds. The third kappa shape index (κ3) is 12.6. The van der Waals surface area contributed by atoms with Gasteiger partial charge in [0.05, 0.1) is 0 Å². The molecule has 0 nitrogen and oxygen atoms in total. The van der Waals surface area contributed by atoms with Gasteiger partial charge in [-0.1, -0.05) is 0 Å². The van der Waals surface area contributed by atoms with Crippen LogP contribution >= 0.6 is 0 Å². The first-order valence-corrected chi connectivity index (χ1v) is 3.36. The van der Waals surface area contributed by atoms with Crippen LogP contribution in [0.1, 0.15) is 13.8 Å². The van der Waals surface area contributed by atoms with Crippen LogP contribution in [0.4, 0.5) is 0 Å². The number of allylic oxidation sites excluding steroid dienone is 1. The summed E-state index contributed by atoms with van der Waals surface area (Å²) in [5.74, 6) is 1.27. The number of rotatable bonds is 1. The van der Waals surface area contributed by atoms with Gasteiger partial charge in [0.25, 0.3) is 0 Å². The maximum atomic E-state index is 3.52. The van der Waals surface area contributed by atoms with Crippen LogP contribution in [-0.4, -0.2) is 0 Å². The molecule has 0 atom stereocenters. The standard InChI is InChI=1S/C5H5.C5H9.Ni/c1-2-4-5-3-1;1-4-5(2)3;/h1-5H;4H,1H2,2-3H3;/q2*-1;+2. The van der Waals surface area contributed by atoms with Gasteiger partial charge in [0, 0.05) is 0 Å². The van der Waals surface area contributed by atoms with Crippen molar-refractivity contribution in [1.29, 1.82) is 0 Å². The van der Waals surface area contributed by atoms with E-state index in [9.17, 15) is 0 Å². The normalized spacial score (nSPS) is 6.73. The van der Waals surface area contributed by atoms with Crippen molar-refractivity contribution in [2.75, 3.05) is 0 Å². The van der Waals surface area contributed by atoms with Crippen molar-refractivity contribution >= 4 is 0 Å². The van der Waals surface area contributed by atoms with Crippen LogP contribution in [0.5, 0.6) is 0 Å². The van der Waals surface area contributed by atoms with Crippen molar-refractivity contribution in [1.82, 2.24) is 0 Å². The van der Waals surface area contributed by atoms with Gasteiger partial charge < -0.3 is 0 Å². The average molecular weight is 193 g/mol. The molecule has 1 heteroatoms. The van der Waals surface area contributed by atoms with Crippen molar-refractivity contribution in [3.63, 3.8) is 0 Å². The molecule has 0 unspecified atom stereocenters. The van der Waals surface area contributed by atoms with E-state index in [1.165, 1.54) is 5.92 Å². The Morgan fingerprint density at radius 2 is 1.64 bits per heavy atom. The monoisotopic (exact) mass is 192 g/mol. The van der Waals surface area contributed by atoms with Crippen LogP contribution in [0.2, 0.25) is 0 Å². The number of hydrogen-bond donors (Lipinski definition) is 0.